The Morgan fingerprint density at radius 1 is 1.00 bits per heavy atom. The maximum absolute atomic E-state index is 11.8. The van der Waals surface area contributed by atoms with Gasteiger partial charge in [0.1, 0.15) is 0 Å². The molecule has 0 amide bonds. The van der Waals surface area contributed by atoms with Crippen LogP contribution in [0.1, 0.15) is 36.0 Å². The summed E-state index contributed by atoms with van der Waals surface area (Å²) in [5, 5.41) is 22.4. The second kappa shape index (κ2) is 9.08. The molecular weight excluding hydrogens is 360 g/mol. The summed E-state index contributed by atoms with van der Waals surface area (Å²) in [6, 6.07) is 2.75. The van der Waals surface area contributed by atoms with Crippen LogP contribution in [0.2, 0.25) is 0 Å². The minimum atomic E-state index is -0.799. The maximum atomic E-state index is 11.8. The molecule has 0 fully saturated rings. The number of nitrogens with zero attached hydrogens (tertiary/aromatic N) is 2. The smallest absolute Gasteiger partial charge is 0.338 e. The van der Waals surface area contributed by atoms with Crippen molar-refractivity contribution < 1.29 is 19.4 Å². The quantitative estimate of drug-likeness (QED) is 0.214. The van der Waals surface area contributed by atoms with Crippen LogP contribution in [0, 0.1) is 20.2 Å². The molecule has 0 aliphatic rings. The Morgan fingerprint density at radius 3 is 2.05 bits per heavy atom. The van der Waals surface area contributed by atoms with Crippen molar-refractivity contribution in [2.75, 3.05) is 11.9 Å². The highest BCUT2D eigenvalue weighted by atomic mass is 79.9. The number of ether oxygens (including phenoxy) is 1. The fourth-order valence-corrected chi connectivity index (χ4v) is 2.12. The van der Waals surface area contributed by atoms with E-state index in [9.17, 15) is 25.0 Å². The van der Waals surface area contributed by atoms with Gasteiger partial charge in [-0.15, -0.1) is 0 Å². The lowest BCUT2D eigenvalue weighted by molar-refractivity contribution is -0.394. The van der Waals surface area contributed by atoms with Crippen molar-refractivity contribution in [2.45, 2.75) is 25.7 Å². The number of unbranched alkanes of at least 4 members (excludes halogenated alkanes) is 3. The molecule has 0 bridgehead atoms. The summed E-state index contributed by atoms with van der Waals surface area (Å²) in [4.78, 5) is 31.7. The molecule has 1 aromatic carbocycles. The highest BCUT2D eigenvalue weighted by Gasteiger charge is 2.20. The molecule has 0 radical (unpaired) electrons. The third-order valence-electron chi connectivity index (χ3n) is 2.82. The molecule has 0 aliphatic carbocycles. The van der Waals surface area contributed by atoms with Gasteiger partial charge >= 0.3 is 5.97 Å². The molecule has 9 heteroatoms. The van der Waals surface area contributed by atoms with Gasteiger partial charge in [0.05, 0.1) is 28.1 Å². The summed E-state index contributed by atoms with van der Waals surface area (Å²) in [6.45, 7) is 0.178. The highest BCUT2D eigenvalue weighted by Crippen LogP contribution is 2.23. The average Bonchev–Trinajstić information content (AvgIpc) is 2.49. The van der Waals surface area contributed by atoms with Crippen LogP contribution in [-0.4, -0.2) is 27.8 Å². The summed E-state index contributed by atoms with van der Waals surface area (Å²) >= 11 is 3.31. The lowest BCUT2D eigenvalue weighted by Crippen LogP contribution is -2.08. The first-order valence-corrected chi connectivity index (χ1v) is 7.75. The van der Waals surface area contributed by atoms with Gasteiger partial charge in [0.15, 0.2) is 0 Å². The number of carbonyl (C=O) groups excluding carboxylic acids is 1. The van der Waals surface area contributed by atoms with Crippen molar-refractivity contribution >= 4 is 33.3 Å². The first-order valence-electron chi connectivity index (χ1n) is 6.62. The van der Waals surface area contributed by atoms with Gasteiger partial charge in [-0.25, -0.2) is 4.79 Å². The van der Waals surface area contributed by atoms with Gasteiger partial charge in [0.2, 0.25) is 0 Å². The predicted molar refractivity (Wildman–Crippen MR) is 82.3 cm³/mol. The van der Waals surface area contributed by atoms with E-state index in [4.69, 9.17) is 4.74 Å². The number of esters is 1. The van der Waals surface area contributed by atoms with E-state index in [-0.39, 0.29) is 12.2 Å². The number of halogens is 1. The normalized spacial score (nSPS) is 10.2. The summed E-state index contributed by atoms with van der Waals surface area (Å²) in [5.41, 5.74) is -1.22. The van der Waals surface area contributed by atoms with E-state index in [0.717, 1.165) is 42.8 Å². The number of nitro groups is 2. The Bertz CT molecular complexity index is 531. The monoisotopic (exact) mass is 374 g/mol. The van der Waals surface area contributed by atoms with Gasteiger partial charge in [0, 0.05) is 17.5 Å². The highest BCUT2D eigenvalue weighted by molar-refractivity contribution is 9.09. The third kappa shape index (κ3) is 5.76. The largest absolute Gasteiger partial charge is 0.462 e. The van der Waals surface area contributed by atoms with Crippen LogP contribution in [0.4, 0.5) is 11.4 Å². The summed E-state index contributed by atoms with van der Waals surface area (Å²) in [5.74, 6) is -0.799. The van der Waals surface area contributed by atoms with Gasteiger partial charge < -0.3 is 4.74 Å². The first-order chi connectivity index (χ1) is 10.5. The van der Waals surface area contributed by atoms with Crippen molar-refractivity contribution in [2.24, 2.45) is 0 Å². The van der Waals surface area contributed by atoms with Crippen molar-refractivity contribution in [3.05, 3.63) is 44.0 Å². The van der Waals surface area contributed by atoms with Crippen LogP contribution >= 0.6 is 15.9 Å². The van der Waals surface area contributed by atoms with Crippen LogP contribution < -0.4 is 0 Å². The van der Waals surface area contributed by atoms with E-state index in [0.29, 0.717) is 6.42 Å². The minimum Gasteiger partial charge on any atom is -0.462 e. The fourth-order valence-electron chi connectivity index (χ4n) is 1.72. The van der Waals surface area contributed by atoms with Gasteiger partial charge in [-0.1, -0.05) is 28.8 Å². The van der Waals surface area contributed by atoms with E-state index >= 15 is 0 Å². The number of non-ortho nitro benzene ring substituents is 2. The predicted octanol–water partition coefficient (Wildman–Crippen LogP) is 3.62. The molecule has 0 heterocycles. The summed E-state index contributed by atoms with van der Waals surface area (Å²) < 4.78 is 4.98. The molecule has 0 N–H and O–H groups in total. The van der Waals surface area contributed by atoms with Crippen LogP contribution in [0.15, 0.2) is 18.2 Å². The van der Waals surface area contributed by atoms with Crippen molar-refractivity contribution in [3.8, 4) is 0 Å². The molecule has 0 aliphatic heterocycles. The van der Waals surface area contributed by atoms with Crippen LogP contribution in [0.3, 0.4) is 0 Å². The van der Waals surface area contributed by atoms with Crippen LogP contribution in [0.5, 0.6) is 0 Å². The van der Waals surface area contributed by atoms with Gasteiger partial charge in [-0.2, -0.15) is 0 Å². The zero-order chi connectivity index (χ0) is 16.5. The van der Waals surface area contributed by atoms with E-state index in [1.807, 2.05) is 0 Å². The molecular formula is C13H15BrN2O6. The van der Waals surface area contributed by atoms with Gasteiger partial charge in [0.25, 0.3) is 11.4 Å². The van der Waals surface area contributed by atoms with Crippen molar-refractivity contribution in [1.29, 1.82) is 0 Å². The van der Waals surface area contributed by atoms with Crippen LogP contribution in [-0.2, 0) is 4.74 Å². The molecule has 0 aromatic heterocycles. The Labute approximate surface area is 134 Å². The molecule has 1 rings (SSSR count). The second-order valence-corrected chi connectivity index (χ2v) is 5.28. The second-order valence-electron chi connectivity index (χ2n) is 4.49. The van der Waals surface area contributed by atoms with E-state index in [1.54, 1.807) is 0 Å². The van der Waals surface area contributed by atoms with Gasteiger partial charge in [-0.05, 0) is 12.8 Å². The summed E-state index contributed by atoms with van der Waals surface area (Å²) in [6.07, 6.45) is 3.61. The number of benzene rings is 1. The SMILES string of the molecule is O=C(OCCCCCCBr)c1cc([N+](=O)[O-])cc([N+](=O)[O-])c1. The average molecular weight is 375 g/mol. The molecule has 0 spiro atoms. The van der Waals surface area contributed by atoms with E-state index in [1.165, 1.54) is 0 Å². The number of nitro benzene ring substituents is 2. The van der Waals surface area contributed by atoms with Crippen LogP contribution in [0.25, 0.3) is 0 Å². The molecule has 0 saturated carbocycles. The zero-order valence-corrected chi connectivity index (χ0v) is 13.3. The summed E-state index contributed by atoms with van der Waals surface area (Å²) in [7, 11) is 0. The third-order valence-corrected chi connectivity index (χ3v) is 3.38. The Kier molecular flexibility index (Phi) is 7.44. The number of carbonyl (C=O) groups is 1. The molecule has 1 aromatic rings. The minimum absolute atomic E-state index is 0.178. The number of hydrogen-bond acceptors (Lipinski definition) is 6. The lowest BCUT2D eigenvalue weighted by Gasteiger charge is -2.05. The Balaban J connectivity index is 2.68. The van der Waals surface area contributed by atoms with Crippen molar-refractivity contribution in [1.82, 2.24) is 0 Å². The zero-order valence-electron chi connectivity index (χ0n) is 11.7. The first kappa shape index (κ1) is 18.0. The standard InChI is InChI=1S/C13H15BrN2O6/c14-5-3-1-2-4-6-22-13(17)10-7-11(15(18)19)9-12(8-10)16(20)21/h7-9H,1-6H2. The maximum Gasteiger partial charge on any atom is 0.338 e. The fraction of sp³-hybridized carbons (Fsp3) is 0.462. The topological polar surface area (TPSA) is 113 Å². The molecule has 8 nitrogen and oxygen atoms in total. The number of hydrogen-bond donors (Lipinski definition) is 0. The van der Waals surface area contributed by atoms with Gasteiger partial charge in [-0.3, -0.25) is 20.2 Å². The Hall–Kier alpha value is -2.03. The Morgan fingerprint density at radius 2 is 1.55 bits per heavy atom. The molecule has 0 atom stereocenters. The number of alkyl halides is 1. The molecule has 22 heavy (non-hydrogen) atoms. The van der Waals surface area contributed by atoms with Crippen molar-refractivity contribution in [3.63, 3.8) is 0 Å². The molecule has 120 valence electrons. The number of rotatable bonds is 9. The van der Waals surface area contributed by atoms with E-state index in [2.05, 4.69) is 15.9 Å². The molecule has 0 unspecified atom stereocenters. The molecule has 0 saturated heterocycles. The van der Waals surface area contributed by atoms with E-state index < -0.39 is 27.2 Å². The lowest BCUT2D eigenvalue weighted by atomic mass is 10.1.